The first kappa shape index (κ1) is 11.7. The Hall–Kier alpha value is 0.660. The summed E-state index contributed by atoms with van der Waals surface area (Å²) in [4.78, 5) is 0. The van der Waals surface area contributed by atoms with Gasteiger partial charge in [0, 0.05) is 0 Å². The van der Waals surface area contributed by atoms with Crippen LogP contribution in [0.2, 0.25) is 0 Å². The van der Waals surface area contributed by atoms with E-state index >= 15 is 0 Å². The Morgan fingerprint density at radius 2 is 1.31 bits per heavy atom. The third-order valence-corrected chi connectivity index (χ3v) is 3.94. The molecule has 2 atom stereocenters. The molecule has 0 N–H and O–H groups in total. The first-order valence-corrected chi connectivity index (χ1v) is 5.12. The van der Waals surface area contributed by atoms with Crippen LogP contribution in [-0.4, -0.2) is 22.3 Å². The van der Waals surface area contributed by atoms with Gasteiger partial charge < -0.3 is 0 Å². The third kappa shape index (κ3) is 2.80. The molecule has 13 heavy (non-hydrogen) atoms. The Bertz CT molecular complexity index is 170. The van der Waals surface area contributed by atoms with Crippen LogP contribution in [0.3, 0.4) is 0 Å². The van der Waals surface area contributed by atoms with Crippen LogP contribution in [-0.2, 0) is 0 Å². The van der Waals surface area contributed by atoms with E-state index in [0.29, 0.717) is 0 Å². The molecule has 0 aromatic carbocycles. The van der Waals surface area contributed by atoms with E-state index in [-0.39, 0.29) is 12.8 Å². The van der Waals surface area contributed by atoms with Gasteiger partial charge in [-0.25, -0.2) is 0 Å². The molecular weight excluding hydrogens is 247 g/mol. The smallest absolute Gasteiger partial charge is 0.171 e. The standard InChI is InChI=1S/C7H8Cl3F3/c8-4-1-3(7(11,12)13)2-5(9)6(4)10/h3-6H,1-2H2. The minimum Gasteiger partial charge on any atom is -0.171 e. The van der Waals surface area contributed by atoms with Crippen LogP contribution < -0.4 is 0 Å². The molecular formula is C7H8Cl3F3. The van der Waals surface area contributed by atoms with Crippen LogP contribution in [0.1, 0.15) is 12.8 Å². The molecule has 1 rings (SSSR count). The summed E-state index contributed by atoms with van der Waals surface area (Å²) in [7, 11) is 0. The maximum atomic E-state index is 12.3. The van der Waals surface area contributed by atoms with Gasteiger partial charge in [-0.2, -0.15) is 13.2 Å². The van der Waals surface area contributed by atoms with E-state index in [2.05, 4.69) is 0 Å². The first-order valence-electron chi connectivity index (χ1n) is 3.81. The van der Waals surface area contributed by atoms with E-state index in [9.17, 15) is 13.2 Å². The second-order valence-corrected chi connectivity index (χ2v) is 4.81. The van der Waals surface area contributed by atoms with E-state index in [4.69, 9.17) is 34.8 Å². The molecule has 1 aliphatic rings. The SMILES string of the molecule is FC(F)(F)C1CC(Cl)C(Cl)C(Cl)C1. The molecule has 0 bridgehead atoms. The Balaban J connectivity index is 2.64. The van der Waals surface area contributed by atoms with Gasteiger partial charge in [-0.1, -0.05) is 0 Å². The van der Waals surface area contributed by atoms with Crippen molar-refractivity contribution in [2.75, 3.05) is 0 Å². The Kier molecular flexibility index (Phi) is 3.64. The molecule has 0 radical (unpaired) electrons. The van der Waals surface area contributed by atoms with E-state index in [1.54, 1.807) is 0 Å². The van der Waals surface area contributed by atoms with Crippen molar-refractivity contribution in [1.29, 1.82) is 0 Å². The fraction of sp³-hybridized carbons (Fsp3) is 1.00. The van der Waals surface area contributed by atoms with Crippen molar-refractivity contribution < 1.29 is 13.2 Å². The van der Waals surface area contributed by atoms with Gasteiger partial charge in [0.15, 0.2) is 0 Å². The molecule has 1 saturated carbocycles. The van der Waals surface area contributed by atoms with E-state index in [1.807, 2.05) is 0 Å². The lowest BCUT2D eigenvalue weighted by atomic mass is 9.88. The molecule has 0 amide bonds. The summed E-state index contributed by atoms with van der Waals surface area (Å²) in [5, 5.41) is -1.95. The Morgan fingerprint density at radius 3 is 1.62 bits per heavy atom. The van der Waals surface area contributed by atoms with Crippen molar-refractivity contribution in [3.63, 3.8) is 0 Å². The molecule has 78 valence electrons. The minimum atomic E-state index is -4.21. The Labute approximate surface area is 89.3 Å². The quantitative estimate of drug-likeness (QED) is 0.578. The van der Waals surface area contributed by atoms with Crippen LogP contribution in [0, 0.1) is 5.92 Å². The van der Waals surface area contributed by atoms with Crippen molar-refractivity contribution in [3.8, 4) is 0 Å². The average Bonchev–Trinajstić information content (AvgIpc) is 1.97. The van der Waals surface area contributed by atoms with Gasteiger partial charge in [-0.15, -0.1) is 34.8 Å². The number of halogens is 6. The highest BCUT2D eigenvalue weighted by Gasteiger charge is 2.47. The topological polar surface area (TPSA) is 0 Å². The second kappa shape index (κ2) is 4.03. The monoisotopic (exact) mass is 254 g/mol. The van der Waals surface area contributed by atoms with Gasteiger partial charge in [0.1, 0.15) is 0 Å². The van der Waals surface area contributed by atoms with Crippen molar-refractivity contribution in [1.82, 2.24) is 0 Å². The van der Waals surface area contributed by atoms with Crippen LogP contribution in [0.4, 0.5) is 13.2 Å². The lowest BCUT2D eigenvalue weighted by molar-refractivity contribution is -0.180. The summed E-state index contributed by atoms with van der Waals surface area (Å²) >= 11 is 17.0. The lowest BCUT2D eigenvalue weighted by Gasteiger charge is -2.33. The molecule has 0 aliphatic heterocycles. The van der Waals surface area contributed by atoms with Crippen LogP contribution in [0.5, 0.6) is 0 Å². The molecule has 1 fully saturated rings. The summed E-state index contributed by atoms with van der Waals surface area (Å²) in [5.74, 6) is -1.41. The molecule has 6 heteroatoms. The largest absolute Gasteiger partial charge is 0.391 e. The average molecular weight is 255 g/mol. The zero-order chi connectivity index (χ0) is 10.2. The normalized spacial score (nSPS) is 42.0. The number of alkyl halides is 6. The number of hydrogen-bond acceptors (Lipinski definition) is 0. The predicted molar refractivity (Wildman–Crippen MR) is 47.7 cm³/mol. The fourth-order valence-corrected chi connectivity index (χ4v) is 2.46. The van der Waals surface area contributed by atoms with Crippen molar-refractivity contribution in [2.24, 2.45) is 5.92 Å². The van der Waals surface area contributed by atoms with Crippen LogP contribution >= 0.6 is 34.8 Å². The maximum Gasteiger partial charge on any atom is 0.391 e. The second-order valence-electron chi connectivity index (χ2n) is 3.19. The van der Waals surface area contributed by atoms with Gasteiger partial charge in [0.2, 0.25) is 0 Å². The molecule has 0 saturated heterocycles. The highest BCUT2D eigenvalue weighted by atomic mass is 35.5. The van der Waals surface area contributed by atoms with Crippen molar-refractivity contribution in [3.05, 3.63) is 0 Å². The number of rotatable bonds is 0. The van der Waals surface area contributed by atoms with E-state index in [1.165, 1.54) is 0 Å². The van der Waals surface area contributed by atoms with Gasteiger partial charge >= 0.3 is 6.18 Å². The summed E-state index contributed by atoms with van der Waals surface area (Å²) in [6.07, 6.45) is -4.48. The molecule has 0 aromatic rings. The minimum absolute atomic E-state index is 0.136. The lowest BCUT2D eigenvalue weighted by Crippen LogP contribution is -2.40. The molecule has 0 nitrogen and oxygen atoms in total. The summed E-state index contributed by atoms with van der Waals surface area (Å²) in [6.45, 7) is 0. The Morgan fingerprint density at radius 1 is 0.923 bits per heavy atom. The highest BCUT2D eigenvalue weighted by Crippen LogP contribution is 2.42. The highest BCUT2D eigenvalue weighted by molar-refractivity contribution is 6.35. The van der Waals surface area contributed by atoms with Gasteiger partial charge in [-0.3, -0.25) is 0 Å². The molecule has 0 heterocycles. The van der Waals surface area contributed by atoms with Crippen molar-refractivity contribution in [2.45, 2.75) is 35.1 Å². The van der Waals surface area contributed by atoms with Gasteiger partial charge in [-0.05, 0) is 12.8 Å². The zero-order valence-corrected chi connectivity index (χ0v) is 8.76. The summed E-state index contributed by atoms with van der Waals surface area (Å²) in [6, 6.07) is 0. The van der Waals surface area contributed by atoms with Gasteiger partial charge in [0.25, 0.3) is 0 Å². The third-order valence-electron chi connectivity index (χ3n) is 2.17. The summed E-state index contributed by atoms with van der Waals surface area (Å²) < 4.78 is 36.8. The van der Waals surface area contributed by atoms with E-state index < -0.39 is 28.2 Å². The fourth-order valence-electron chi connectivity index (χ4n) is 1.39. The van der Waals surface area contributed by atoms with Crippen molar-refractivity contribution >= 4 is 34.8 Å². The first-order chi connectivity index (χ1) is 5.82. The van der Waals surface area contributed by atoms with Crippen LogP contribution in [0.15, 0.2) is 0 Å². The summed E-state index contributed by atoms with van der Waals surface area (Å²) in [5.41, 5.74) is 0. The van der Waals surface area contributed by atoms with E-state index in [0.717, 1.165) is 0 Å². The van der Waals surface area contributed by atoms with Crippen LogP contribution in [0.25, 0.3) is 0 Å². The molecule has 1 aliphatic carbocycles. The number of hydrogen-bond donors (Lipinski definition) is 0. The molecule has 2 unspecified atom stereocenters. The van der Waals surface area contributed by atoms with Gasteiger partial charge in [0.05, 0.1) is 22.0 Å². The predicted octanol–water partition coefficient (Wildman–Crippen LogP) is 3.78. The molecule has 0 spiro atoms. The zero-order valence-electron chi connectivity index (χ0n) is 6.49. The maximum absolute atomic E-state index is 12.3. The molecule has 0 aromatic heterocycles.